The van der Waals surface area contributed by atoms with Crippen LogP contribution in [-0.4, -0.2) is 4.98 Å². The van der Waals surface area contributed by atoms with Crippen LogP contribution in [0.3, 0.4) is 0 Å². The highest BCUT2D eigenvalue weighted by Gasteiger charge is 1.98. The summed E-state index contributed by atoms with van der Waals surface area (Å²) < 4.78 is 0. The predicted molar refractivity (Wildman–Crippen MR) is 50.0 cm³/mol. The zero-order chi connectivity index (χ0) is 9.56. The Kier molecular flexibility index (Phi) is 5.07. The molecule has 0 aliphatic carbocycles. The van der Waals surface area contributed by atoms with E-state index in [-0.39, 0.29) is 5.15 Å². The van der Waals surface area contributed by atoms with Crippen LogP contribution in [0.4, 0.5) is 0 Å². The molecular weight excluding hydrogens is 172 g/mol. The van der Waals surface area contributed by atoms with Crippen molar-refractivity contribution in [2.75, 3.05) is 0 Å². The van der Waals surface area contributed by atoms with Gasteiger partial charge in [-0.1, -0.05) is 25.4 Å². The van der Waals surface area contributed by atoms with Crippen molar-refractivity contribution in [2.45, 2.75) is 20.8 Å². The van der Waals surface area contributed by atoms with E-state index >= 15 is 0 Å². The Hall–Kier alpha value is -1.07. The standard InChI is InChI=1S/C7H5ClN2.C2H6/c1-5-2-6(3-9)7(8)10-4-5;1-2/h2,4H,1H3;1-2H3. The van der Waals surface area contributed by atoms with Crippen molar-refractivity contribution in [1.82, 2.24) is 4.98 Å². The maximum Gasteiger partial charge on any atom is 0.146 e. The van der Waals surface area contributed by atoms with Gasteiger partial charge in [0.2, 0.25) is 0 Å². The summed E-state index contributed by atoms with van der Waals surface area (Å²) in [4.78, 5) is 3.79. The number of halogens is 1. The Labute approximate surface area is 77.8 Å². The fraction of sp³-hybridized carbons (Fsp3) is 0.333. The molecular formula is C9H11ClN2. The fourth-order valence-corrected chi connectivity index (χ4v) is 0.777. The number of hydrogen-bond donors (Lipinski definition) is 0. The normalized spacial score (nSPS) is 7.92. The number of aromatic nitrogens is 1. The molecule has 0 unspecified atom stereocenters. The summed E-state index contributed by atoms with van der Waals surface area (Å²) in [5.41, 5.74) is 1.38. The van der Waals surface area contributed by atoms with E-state index in [9.17, 15) is 0 Å². The molecule has 0 spiro atoms. The van der Waals surface area contributed by atoms with Crippen molar-refractivity contribution in [3.8, 4) is 6.07 Å². The first-order chi connectivity index (χ1) is 5.74. The van der Waals surface area contributed by atoms with Crippen LogP contribution >= 0.6 is 11.6 Å². The molecule has 1 aromatic rings. The minimum Gasteiger partial charge on any atom is -0.243 e. The SMILES string of the molecule is CC.Cc1cnc(Cl)c(C#N)c1. The lowest BCUT2D eigenvalue weighted by Crippen LogP contribution is -1.83. The van der Waals surface area contributed by atoms with Crippen LogP contribution < -0.4 is 0 Å². The number of nitriles is 1. The molecule has 0 fully saturated rings. The molecule has 1 aromatic heterocycles. The quantitative estimate of drug-likeness (QED) is 0.579. The van der Waals surface area contributed by atoms with E-state index < -0.39 is 0 Å². The van der Waals surface area contributed by atoms with Gasteiger partial charge in [0.15, 0.2) is 0 Å². The van der Waals surface area contributed by atoms with Crippen molar-refractivity contribution in [3.63, 3.8) is 0 Å². The number of rotatable bonds is 0. The zero-order valence-electron chi connectivity index (χ0n) is 7.43. The Morgan fingerprint density at radius 2 is 2.08 bits per heavy atom. The molecule has 64 valence electrons. The van der Waals surface area contributed by atoms with Gasteiger partial charge in [-0.3, -0.25) is 0 Å². The maximum atomic E-state index is 8.47. The molecule has 3 heteroatoms. The van der Waals surface area contributed by atoms with Crippen molar-refractivity contribution in [2.24, 2.45) is 0 Å². The van der Waals surface area contributed by atoms with Crippen LogP contribution in [0.1, 0.15) is 25.0 Å². The Balaban J connectivity index is 0.000000561. The summed E-state index contributed by atoms with van der Waals surface area (Å²) in [5.74, 6) is 0. The zero-order valence-corrected chi connectivity index (χ0v) is 8.18. The first-order valence-corrected chi connectivity index (χ1v) is 4.14. The third-order valence-electron chi connectivity index (χ3n) is 1.10. The average molecular weight is 183 g/mol. The van der Waals surface area contributed by atoms with Crippen LogP contribution in [0.2, 0.25) is 5.15 Å². The fourth-order valence-electron chi connectivity index (χ4n) is 0.631. The van der Waals surface area contributed by atoms with Gasteiger partial charge >= 0.3 is 0 Å². The molecule has 0 aromatic carbocycles. The van der Waals surface area contributed by atoms with Gasteiger partial charge in [0.05, 0.1) is 5.56 Å². The lowest BCUT2D eigenvalue weighted by molar-refractivity contribution is 1.25. The topological polar surface area (TPSA) is 36.7 Å². The van der Waals surface area contributed by atoms with Crippen LogP contribution in [0.25, 0.3) is 0 Å². The molecule has 0 aliphatic heterocycles. The van der Waals surface area contributed by atoms with E-state index in [0.29, 0.717) is 5.56 Å². The predicted octanol–water partition coefficient (Wildman–Crippen LogP) is 2.94. The van der Waals surface area contributed by atoms with Crippen LogP contribution in [0.5, 0.6) is 0 Å². The first kappa shape index (κ1) is 10.9. The van der Waals surface area contributed by atoms with Crippen LogP contribution in [0, 0.1) is 18.3 Å². The van der Waals surface area contributed by atoms with Crippen LogP contribution in [-0.2, 0) is 0 Å². The highest BCUT2D eigenvalue weighted by Crippen LogP contribution is 2.11. The molecule has 0 bridgehead atoms. The van der Waals surface area contributed by atoms with Crippen molar-refractivity contribution in [3.05, 3.63) is 28.5 Å². The first-order valence-electron chi connectivity index (χ1n) is 3.76. The van der Waals surface area contributed by atoms with Gasteiger partial charge < -0.3 is 0 Å². The van der Waals surface area contributed by atoms with Gasteiger partial charge in [0.25, 0.3) is 0 Å². The van der Waals surface area contributed by atoms with Gasteiger partial charge in [0, 0.05) is 6.20 Å². The van der Waals surface area contributed by atoms with E-state index in [2.05, 4.69) is 4.98 Å². The number of hydrogen-bond acceptors (Lipinski definition) is 2. The Bertz CT molecular complexity index is 289. The Morgan fingerprint density at radius 1 is 1.50 bits per heavy atom. The van der Waals surface area contributed by atoms with Gasteiger partial charge in [-0.05, 0) is 18.6 Å². The second kappa shape index (κ2) is 5.56. The second-order valence-corrected chi connectivity index (χ2v) is 2.32. The number of aryl methyl sites for hydroxylation is 1. The molecule has 12 heavy (non-hydrogen) atoms. The Morgan fingerprint density at radius 3 is 2.50 bits per heavy atom. The highest BCUT2D eigenvalue weighted by molar-refractivity contribution is 6.30. The van der Waals surface area contributed by atoms with Crippen molar-refractivity contribution < 1.29 is 0 Å². The van der Waals surface area contributed by atoms with E-state index in [1.165, 1.54) is 0 Å². The summed E-state index contributed by atoms with van der Waals surface area (Å²) in [6.45, 7) is 5.87. The van der Waals surface area contributed by atoms with E-state index in [0.717, 1.165) is 5.56 Å². The molecule has 2 nitrogen and oxygen atoms in total. The summed E-state index contributed by atoms with van der Waals surface area (Å²) in [6.07, 6.45) is 1.63. The van der Waals surface area contributed by atoms with Gasteiger partial charge in [-0.15, -0.1) is 0 Å². The van der Waals surface area contributed by atoms with Gasteiger partial charge in [0.1, 0.15) is 11.2 Å². The summed E-state index contributed by atoms with van der Waals surface area (Å²) >= 11 is 5.56. The summed E-state index contributed by atoms with van der Waals surface area (Å²) in [5, 5.41) is 8.74. The van der Waals surface area contributed by atoms with Crippen LogP contribution in [0.15, 0.2) is 12.3 Å². The molecule has 0 amide bonds. The molecule has 1 heterocycles. The number of pyridine rings is 1. The third-order valence-corrected chi connectivity index (χ3v) is 1.40. The van der Waals surface area contributed by atoms with Gasteiger partial charge in [-0.2, -0.15) is 5.26 Å². The molecule has 0 saturated carbocycles. The largest absolute Gasteiger partial charge is 0.243 e. The molecule has 1 rings (SSSR count). The van der Waals surface area contributed by atoms with E-state index in [1.807, 2.05) is 26.8 Å². The molecule has 0 saturated heterocycles. The third kappa shape index (κ3) is 2.89. The lowest BCUT2D eigenvalue weighted by Gasteiger charge is -1.93. The van der Waals surface area contributed by atoms with Crippen molar-refractivity contribution >= 4 is 11.6 Å². The highest BCUT2D eigenvalue weighted by atomic mass is 35.5. The maximum absolute atomic E-state index is 8.47. The minimum atomic E-state index is 0.271. The van der Waals surface area contributed by atoms with E-state index in [4.69, 9.17) is 16.9 Å². The summed E-state index contributed by atoms with van der Waals surface area (Å²) in [7, 11) is 0. The molecule has 0 aliphatic rings. The molecule has 0 radical (unpaired) electrons. The summed E-state index contributed by atoms with van der Waals surface area (Å²) in [6, 6.07) is 3.65. The monoisotopic (exact) mass is 182 g/mol. The van der Waals surface area contributed by atoms with Gasteiger partial charge in [-0.25, -0.2) is 4.98 Å². The molecule has 0 atom stereocenters. The van der Waals surface area contributed by atoms with E-state index in [1.54, 1.807) is 12.3 Å². The minimum absolute atomic E-state index is 0.271. The molecule has 0 N–H and O–H groups in total. The average Bonchev–Trinajstić information content (AvgIpc) is 2.13. The number of nitrogens with zero attached hydrogens (tertiary/aromatic N) is 2. The lowest BCUT2D eigenvalue weighted by atomic mass is 10.2. The van der Waals surface area contributed by atoms with Crippen molar-refractivity contribution in [1.29, 1.82) is 5.26 Å². The smallest absolute Gasteiger partial charge is 0.146 e. The second-order valence-electron chi connectivity index (χ2n) is 1.96.